The van der Waals surface area contributed by atoms with Gasteiger partial charge in [0.1, 0.15) is 5.97 Å². The summed E-state index contributed by atoms with van der Waals surface area (Å²) in [5.74, 6) is -3.01. The second kappa shape index (κ2) is 6.07. The summed E-state index contributed by atoms with van der Waals surface area (Å²) in [7, 11) is 0. The van der Waals surface area contributed by atoms with Crippen LogP contribution in [0.15, 0.2) is 28.7 Å². The Morgan fingerprint density at radius 2 is 1.69 bits per heavy atom. The minimum atomic E-state index is -5.19. The molecule has 1 aromatic rings. The molecule has 16 heavy (non-hydrogen) atoms. The number of alkyl halides is 3. The third kappa shape index (κ3) is 5.98. The molecular formula is C8H4BrF3N2O2. The van der Waals surface area contributed by atoms with Gasteiger partial charge in [0.2, 0.25) is 5.39 Å². The second-order valence-electron chi connectivity index (χ2n) is 2.36. The zero-order chi connectivity index (χ0) is 12.8. The predicted octanol–water partition coefficient (Wildman–Crippen LogP) is 2.23. The van der Waals surface area contributed by atoms with E-state index in [4.69, 9.17) is 15.3 Å². The Kier molecular flexibility index (Phi) is 5.46. The summed E-state index contributed by atoms with van der Waals surface area (Å²) in [5.41, 5.74) is 0.568. The molecule has 0 fully saturated rings. The first-order valence-electron chi connectivity index (χ1n) is 3.66. The van der Waals surface area contributed by atoms with Gasteiger partial charge in [-0.1, -0.05) is 15.9 Å². The molecule has 0 N–H and O–H groups in total. The molecule has 0 aromatic heterocycles. The van der Waals surface area contributed by atoms with Crippen molar-refractivity contribution in [2.24, 2.45) is 0 Å². The summed E-state index contributed by atoms with van der Waals surface area (Å²) >= 11 is 3.25. The van der Waals surface area contributed by atoms with Crippen LogP contribution in [0, 0.1) is 5.39 Å². The van der Waals surface area contributed by atoms with Gasteiger partial charge in [-0.25, -0.2) is 0 Å². The normalized spacial score (nSPS) is 9.69. The van der Waals surface area contributed by atoms with Crippen molar-refractivity contribution in [2.75, 3.05) is 0 Å². The van der Waals surface area contributed by atoms with Gasteiger partial charge in [-0.3, -0.25) is 0 Å². The topological polar surface area (TPSA) is 68.3 Å². The fraction of sp³-hybridized carbons (Fsp3) is 0.125. The Morgan fingerprint density at radius 1 is 1.31 bits per heavy atom. The average molecular weight is 297 g/mol. The van der Waals surface area contributed by atoms with Gasteiger partial charge >= 0.3 is 11.9 Å². The molecule has 86 valence electrons. The van der Waals surface area contributed by atoms with Crippen molar-refractivity contribution >= 4 is 27.6 Å². The first kappa shape index (κ1) is 14.4. The molecule has 0 atom stereocenters. The minimum Gasteiger partial charge on any atom is -0.542 e. The Bertz CT molecular complexity index is 397. The van der Waals surface area contributed by atoms with Gasteiger partial charge in [0.25, 0.3) is 0 Å². The molecule has 0 radical (unpaired) electrons. The van der Waals surface area contributed by atoms with Crippen molar-refractivity contribution in [2.45, 2.75) is 6.18 Å². The molecule has 0 heterocycles. The number of diazo groups is 1. The van der Waals surface area contributed by atoms with E-state index in [1.165, 1.54) is 0 Å². The Hall–Kier alpha value is -1.62. The lowest BCUT2D eigenvalue weighted by Crippen LogP contribution is -2.37. The summed E-state index contributed by atoms with van der Waals surface area (Å²) in [6.07, 6.45) is -5.19. The molecule has 0 saturated carbocycles. The zero-order valence-electron chi connectivity index (χ0n) is 7.53. The number of aliphatic carboxylic acids is 1. The number of halogens is 4. The first-order valence-corrected chi connectivity index (χ1v) is 4.45. The minimum absolute atomic E-state index is 0.568. The molecule has 0 aliphatic rings. The van der Waals surface area contributed by atoms with Gasteiger partial charge in [0.15, 0.2) is 4.98 Å². The summed E-state index contributed by atoms with van der Waals surface area (Å²) in [6.45, 7) is 0. The number of hydrogen-bond donors (Lipinski definition) is 0. The highest BCUT2D eigenvalue weighted by Gasteiger charge is 2.28. The molecule has 0 aliphatic heterocycles. The quantitative estimate of drug-likeness (QED) is 0.690. The highest BCUT2D eigenvalue weighted by molar-refractivity contribution is 9.10. The van der Waals surface area contributed by atoms with Gasteiger partial charge in [0.05, 0.1) is 0 Å². The number of benzene rings is 1. The van der Waals surface area contributed by atoms with Crippen molar-refractivity contribution < 1.29 is 23.1 Å². The molecule has 0 amide bonds. The first-order chi connectivity index (χ1) is 7.27. The molecular weight excluding hydrogens is 293 g/mol. The van der Waals surface area contributed by atoms with E-state index < -0.39 is 12.1 Å². The molecule has 0 bridgehead atoms. The van der Waals surface area contributed by atoms with Crippen LogP contribution in [0.25, 0.3) is 4.98 Å². The lowest BCUT2D eigenvalue weighted by Gasteiger charge is -2.03. The van der Waals surface area contributed by atoms with E-state index >= 15 is 0 Å². The van der Waals surface area contributed by atoms with Crippen LogP contribution in [-0.2, 0) is 4.79 Å². The van der Waals surface area contributed by atoms with Crippen LogP contribution in [0.3, 0.4) is 0 Å². The number of rotatable bonds is 0. The number of carboxylic acids is 1. The third-order valence-corrected chi connectivity index (χ3v) is 1.70. The number of hydrogen-bond acceptors (Lipinski definition) is 3. The number of nitrogens with zero attached hydrogens (tertiary/aromatic N) is 2. The van der Waals surface area contributed by atoms with Gasteiger partial charge in [-0.15, -0.1) is 0 Å². The average Bonchev–Trinajstić information content (AvgIpc) is 2.18. The van der Waals surface area contributed by atoms with E-state index in [1.54, 1.807) is 12.1 Å². The maximum Gasteiger partial charge on any atom is 0.430 e. The van der Waals surface area contributed by atoms with Gasteiger partial charge in [-0.2, -0.15) is 13.2 Å². The summed E-state index contributed by atoms with van der Waals surface area (Å²) in [6, 6.07) is 7.05. The third-order valence-electron chi connectivity index (χ3n) is 1.17. The molecule has 1 aromatic carbocycles. The lowest BCUT2D eigenvalue weighted by atomic mass is 10.3. The van der Waals surface area contributed by atoms with Crippen LogP contribution in [0.2, 0.25) is 0 Å². The summed E-state index contributed by atoms with van der Waals surface area (Å²) in [4.78, 5) is 11.8. The molecule has 0 spiro atoms. The molecule has 0 unspecified atom stereocenters. The van der Waals surface area contributed by atoms with E-state index in [-0.39, 0.29) is 0 Å². The Labute approximate surface area is 96.4 Å². The monoisotopic (exact) mass is 296 g/mol. The Morgan fingerprint density at radius 3 is 1.94 bits per heavy atom. The molecule has 1 rings (SSSR count). The number of carboxylic acid groups (broad SMARTS) is 1. The summed E-state index contributed by atoms with van der Waals surface area (Å²) in [5, 5.41) is 17.0. The highest BCUT2D eigenvalue weighted by atomic mass is 79.9. The van der Waals surface area contributed by atoms with Gasteiger partial charge in [0, 0.05) is 16.6 Å². The van der Waals surface area contributed by atoms with E-state index in [2.05, 4.69) is 20.9 Å². The fourth-order valence-electron chi connectivity index (χ4n) is 0.508. The van der Waals surface area contributed by atoms with E-state index in [9.17, 15) is 13.2 Å². The smallest absolute Gasteiger partial charge is 0.430 e. The number of carbonyl (C=O) groups excluding carboxylic acids is 1. The van der Waals surface area contributed by atoms with Crippen molar-refractivity contribution in [1.82, 2.24) is 0 Å². The number of carbonyl (C=O) groups is 1. The van der Waals surface area contributed by atoms with E-state index in [0.717, 1.165) is 4.47 Å². The molecule has 4 nitrogen and oxygen atoms in total. The maximum absolute atomic E-state index is 10.5. The second-order valence-corrected chi connectivity index (χ2v) is 3.28. The standard InChI is InChI=1S/C6H4BrN2.C2HF3O2/c7-5-1-3-6(9-8)4-2-5;3-2(4,5)1(6)7/h1-4H;(H,6,7)/q+1;/p-1. The zero-order valence-corrected chi connectivity index (χ0v) is 9.12. The van der Waals surface area contributed by atoms with Crippen molar-refractivity contribution in [3.05, 3.63) is 33.7 Å². The largest absolute Gasteiger partial charge is 0.542 e. The van der Waals surface area contributed by atoms with Crippen LogP contribution in [0.5, 0.6) is 0 Å². The van der Waals surface area contributed by atoms with E-state index in [1.807, 2.05) is 12.1 Å². The van der Waals surface area contributed by atoms with Crippen molar-refractivity contribution in [3.8, 4) is 0 Å². The highest BCUT2D eigenvalue weighted by Crippen LogP contribution is 2.15. The fourth-order valence-corrected chi connectivity index (χ4v) is 0.772. The van der Waals surface area contributed by atoms with Crippen LogP contribution < -0.4 is 5.11 Å². The van der Waals surface area contributed by atoms with Crippen molar-refractivity contribution in [1.29, 1.82) is 5.39 Å². The lowest BCUT2D eigenvalue weighted by molar-refractivity contribution is -0.344. The predicted molar refractivity (Wildman–Crippen MR) is 49.9 cm³/mol. The van der Waals surface area contributed by atoms with E-state index in [0.29, 0.717) is 5.69 Å². The maximum atomic E-state index is 10.5. The van der Waals surface area contributed by atoms with Crippen LogP contribution >= 0.6 is 15.9 Å². The Balaban J connectivity index is 0.000000293. The SMILES string of the molecule is N#[N+]c1ccc(Br)cc1.O=C([O-])C(F)(F)F. The van der Waals surface area contributed by atoms with Crippen LogP contribution in [0.1, 0.15) is 0 Å². The molecule has 8 heteroatoms. The molecule has 0 aliphatic carbocycles. The van der Waals surface area contributed by atoms with Gasteiger partial charge < -0.3 is 9.90 Å². The molecule has 0 saturated heterocycles. The van der Waals surface area contributed by atoms with Crippen molar-refractivity contribution in [3.63, 3.8) is 0 Å². The van der Waals surface area contributed by atoms with Crippen LogP contribution in [-0.4, -0.2) is 12.1 Å². The summed E-state index contributed by atoms with van der Waals surface area (Å²) < 4.78 is 32.5. The van der Waals surface area contributed by atoms with Gasteiger partial charge in [-0.05, 0) is 12.1 Å². The van der Waals surface area contributed by atoms with Crippen LogP contribution in [0.4, 0.5) is 18.9 Å².